The second-order valence-electron chi connectivity index (χ2n) is 7.23. The van der Waals surface area contributed by atoms with Crippen LogP contribution < -0.4 is 5.32 Å². The number of carbonyl (C=O) groups is 3. The SMILES string of the molecule is CC(C)C1c2[nH]c3ccccc3c2CCN1C(=O)CN1C(=O)CNC1=O. The zero-order chi connectivity index (χ0) is 18.4. The number of amides is 4. The highest BCUT2D eigenvalue weighted by Crippen LogP contribution is 2.38. The summed E-state index contributed by atoms with van der Waals surface area (Å²) in [6, 6.07) is 7.58. The molecule has 1 unspecified atom stereocenters. The molecule has 0 radical (unpaired) electrons. The molecule has 2 N–H and O–H groups in total. The summed E-state index contributed by atoms with van der Waals surface area (Å²) >= 11 is 0. The molecule has 0 spiro atoms. The van der Waals surface area contributed by atoms with Gasteiger partial charge in [-0.15, -0.1) is 0 Å². The zero-order valence-corrected chi connectivity index (χ0v) is 14.9. The summed E-state index contributed by atoms with van der Waals surface area (Å²) in [6.07, 6.45) is 0.758. The van der Waals surface area contributed by atoms with Crippen LogP contribution in [0.25, 0.3) is 10.9 Å². The summed E-state index contributed by atoms with van der Waals surface area (Å²) in [5.74, 6) is -0.347. The number of aromatic amines is 1. The van der Waals surface area contributed by atoms with Crippen LogP contribution in [0.5, 0.6) is 0 Å². The van der Waals surface area contributed by atoms with E-state index in [0.29, 0.717) is 6.54 Å². The quantitative estimate of drug-likeness (QED) is 0.824. The molecule has 1 aromatic carbocycles. The predicted octanol–water partition coefficient (Wildman–Crippen LogP) is 1.80. The van der Waals surface area contributed by atoms with E-state index >= 15 is 0 Å². The summed E-state index contributed by atoms with van der Waals surface area (Å²) in [5, 5.41) is 3.66. The van der Waals surface area contributed by atoms with E-state index in [1.807, 2.05) is 18.2 Å². The number of H-pyrrole nitrogens is 1. The molecule has 2 aromatic rings. The number of fused-ring (bicyclic) bond motifs is 3. The fraction of sp³-hybridized carbons (Fsp3) is 0.421. The van der Waals surface area contributed by atoms with Crippen molar-refractivity contribution >= 4 is 28.7 Å². The molecule has 3 heterocycles. The topological polar surface area (TPSA) is 85.5 Å². The first-order chi connectivity index (χ1) is 12.5. The molecule has 1 fully saturated rings. The molecule has 4 rings (SSSR count). The van der Waals surface area contributed by atoms with Crippen molar-refractivity contribution in [3.05, 3.63) is 35.5 Å². The molecule has 1 atom stereocenters. The molecule has 7 nitrogen and oxygen atoms in total. The Bertz CT molecular complexity index is 885. The first-order valence-corrected chi connectivity index (χ1v) is 8.94. The lowest BCUT2D eigenvalue weighted by molar-refractivity contribution is -0.139. The van der Waals surface area contributed by atoms with Crippen molar-refractivity contribution in [1.29, 1.82) is 0 Å². The fourth-order valence-electron chi connectivity index (χ4n) is 4.08. The third-order valence-corrected chi connectivity index (χ3v) is 5.26. The van der Waals surface area contributed by atoms with E-state index in [-0.39, 0.29) is 36.9 Å². The van der Waals surface area contributed by atoms with E-state index in [4.69, 9.17) is 0 Å². The van der Waals surface area contributed by atoms with Crippen molar-refractivity contribution in [1.82, 2.24) is 20.1 Å². The third kappa shape index (κ3) is 2.55. The van der Waals surface area contributed by atoms with Crippen LogP contribution in [0.3, 0.4) is 0 Å². The van der Waals surface area contributed by atoms with Gasteiger partial charge in [0.2, 0.25) is 5.91 Å². The number of hydrogen-bond acceptors (Lipinski definition) is 3. The van der Waals surface area contributed by atoms with Gasteiger partial charge in [-0.25, -0.2) is 4.79 Å². The van der Waals surface area contributed by atoms with Crippen molar-refractivity contribution < 1.29 is 14.4 Å². The Morgan fingerprint density at radius 3 is 2.73 bits per heavy atom. The van der Waals surface area contributed by atoms with Gasteiger partial charge >= 0.3 is 6.03 Å². The minimum atomic E-state index is -0.493. The van der Waals surface area contributed by atoms with Gasteiger partial charge in [-0.1, -0.05) is 32.0 Å². The highest BCUT2D eigenvalue weighted by molar-refractivity contribution is 6.04. The summed E-state index contributed by atoms with van der Waals surface area (Å²) < 4.78 is 0. The smallest absolute Gasteiger partial charge is 0.325 e. The van der Waals surface area contributed by atoms with Crippen LogP contribution in [-0.4, -0.2) is 52.3 Å². The van der Waals surface area contributed by atoms with Gasteiger partial charge in [-0.05, 0) is 24.0 Å². The lowest BCUT2D eigenvalue weighted by atomic mass is 9.90. The minimum Gasteiger partial charge on any atom is -0.356 e. The second-order valence-corrected chi connectivity index (χ2v) is 7.23. The molecule has 2 aliphatic rings. The number of nitrogens with one attached hydrogen (secondary N) is 2. The molecule has 1 aromatic heterocycles. The number of carbonyl (C=O) groups excluding carboxylic acids is 3. The molecular formula is C19H22N4O3. The fourth-order valence-corrected chi connectivity index (χ4v) is 4.08. The van der Waals surface area contributed by atoms with Gasteiger partial charge in [0, 0.05) is 23.1 Å². The molecule has 0 aliphatic carbocycles. The van der Waals surface area contributed by atoms with Crippen molar-refractivity contribution in [2.45, 2.75) is 26.3 Å². The molecule has 2 aliphatic heterocycles. The number of para-hydroxylation sites is 1. The van der Waals surface area contributed by atoms with Gasteiger partial charge in [0.15, 0.2) is 0 Å². The number of nitrogens with zero attached hydrogens (tertiary/aromatic N) is 2. The van der Waals surface area contributed by atoms with Crippen molar-refractivity contribution in [3.63, 3.8) is 0 Å². The van der Waals surface area contributed by atoms with Gasteiger partial charge in [0.05, 0.1) is 12.6 Å². The zero-order valence-electron chi connectivity index (χ0n) is 14.9. The van der Waals surface area contributed by atoms with Gasteiger partial charge in [-0.2, -0.15) is 0 Å². The minimum absolute atomic E-state index is 0.0358. The molecule has 1 saturated heterocycles. The lowest BCUT2D eigenvalue weighted by Crippen LogP contribution is -2.48. The number of imide groups is 1. The summed E-state index contributed by atoms with van der Waals surface area (Å²) in [6.45, 7) is 4.51. The molecule has 4 amide bonds. The number of benzene rings is 1. The van der Waals surface area contributed by atoms with Crippen LogP contribution in [0, 0.1) is 5.92 Å². The summed E-state index contributed by atoms with van der Waals surface area (Å²) in [4.78, 5) is 42.8. The maximum Gasteiger partial charge on any atom is 0.325 e. The number of aromatic nitrogens is 1. The molecule has 7 heteroatoms. The van der Waals surface area contributed by atoms with Crippen molar-refractivity contribution in [2.24, 2.45) is 5.92 Å². The molecule has 26 heavy (non-hydrogen) atoms. The highest BCUT2D eigenvalue weighted by Gasteiger charge is 2.38. The number of hydrogen-bond donors (Lipinski definition) is 2. The molecule has 136 valence electrons. The van der Waals surface area contributed by atoms with Gasteiger partial charge in [-0.3, -0.25) is 14.5 Å². The van der Waals surface area contributed by atoms with Gasteiger partial charge in [0.25, 0.3) is 5.91 Å². The number of rotatable bonds is 3. The summed E-state index contributed by atoms with van der Waals surface area (Å²) in [7, 11) is 0. The van der Waals surface area contributed by atoms with E-state index in [1.165, 1.54) is 10.9 Å². The van der Waals surface area contributed by atoms with E-state index in [9.17, 15) is 14.4 Å². The first-order valence-electron chi connectivity index (χ1n) is 8.94. The highest BCUT2D eigenvalue weighted by atomic mass is 16.2. The van der Waals surface area contributed by atoms with E-state index < -0.39 is 6.03 Å². The molecule has 0 bridgehead atoms. The molecular weight excluding hydrogens is 332 g/mol. The monoisotopic (exact) mass is 354 g/mol. The summed E-state index contributed by atoms with van der Waals surface area (Å²) in [5.41, 5.74) is 3.41. The van der Waals surface area contributed by atoms with Crippen LogP contribution in [-0.2, 0) is 16.0 Å². The largest absolute Gasteiger partial charge is 0.356 e. The maximum absolute atomic E-state index is 12.9. The number of urea groups is 1. The third-order valence-electron chi connectivity index (χ3n) is 5.26. The Balaban J connectivity index is 1.66. The normalized spacial score (nSPS) is 20.0. The van der Waals surface area contributed by atoms with E-state index in [0.717, 1.165) is 22.5 Å². The van der Waals surface area contributed by atoms with E-state index in [1.54, 1.807) is 4.90 Å². The Hall–Kier alpha value is -2.83. The first kappa shape index (κ1) is 16.6. The van der Waals surface area contributed by atoms with E-state index in [2.05, 4.69) is 30.2 Å². The Labute approximate surface area is 151 Å². The Morgan fingerprint density at radius 2 is 2.04 bits per heavy atom. The Kier molecular flexibility index (Phi) is 3.94. The molecule has 0 saturated carbocycles. The standard InChI is InChI=1S/C19H22N4O3/c1-11(2)18-17-13(12-5-3-4-6-14(12)21-17)7-8-22(18)16(25)10-23-15(24)9-20-19(23)26/h3-6,11,18,21H,7-10H2,1-2H3,(H,20,26). The average molecular weight is 354 g/mol. The van der Waals surface area contributed by atoms with Crippen LogP contribution in [0.1, 0.15) is 31.1 Å². The van der Waals surface area contributed by atoms with Crippen LogP contribution >= 0.6 is 0 Å². The average Bonchev–Trinajstić information content (AvgIpc) is 3.15. The van der Waals surface area contributed by atoms with Gasteiger partial charge in [0.1, 0.15) is 6.54 Å². The van der Waals surface area contributed by atoms with Crippen molar-refractivity contribution in [3.8, 4) is 0 Å². The second kappa shape index (κ2) is 6.16. The lowest BCUT2D eigenvalue weighted by Gasteiger charge is -2.38. The van der Waals surface area contributed by atoms with Crippen LogP contribution in [0.15, 0.2) is 24.3 Å². The van der Waals surface area contributed by atoms with Crippen LogP contribution in [0.4, 0.5) is 4.79 Å². The van der Waals surface area contributed by atoms with Gasteiger partial charge < -0.3 is 15.2 Å². The predicted molar refractivity (Wildman–Crippen MR) is 96.4 cm³/mol. The van der Waals surface area contributed by atoms with Crippen LogP contribution in [0.2, 0.25) is 0 Å². The maximum atomic E-state index is 12.9. The van der Waals surface area contributed by atoms with Crippen molar-refractivity contribution in [2.75, 3.05) is 19.6 Å². The Morgan fingerprint density at radius 1 is 1.27 bits per heavy atom.